The van der Waals surface area contributed by atoms with Crippen molar-refractivity contribution < 1.29 is 14.3 Å². The van der Waals surface area contributed by atoms with E-state index in [1.807, 2.05) is 30.5 Å². The molecule has 1 aromatic heterocycles. The standard InChI is InChI=1S/C30H44N2O3S/c1-6-7-15-36-16-12-22-20-32-14-11-21(22)17-27(32)29(35-28(33)19-30(2,3)4)24-10-13-31-26-9-8-23(34-5)18-25(24)26/h8-10,13,18,21-22,27,29H,6-7,11-12,14-17,19-20H2,1-5H3. The molecule has 5 rings (SSSR count). The third-order valence-corrected chi connectivity index (χ3v) is 8.88. The number of fused-ring (bicyclic) bond motifs is 4. The summed E-state index contributed by atoms with van der Waals surface area (Å²) in [5, 5.41) is 1.01. The van der Waals surface area contributed by atoms with Crippen molar-refractivity contribution in [2.75, 3.05) is 31.7 Å². The van der Waals surface area contributed by atoms with Crippen LogP contribution in [0.3, 0.4) is 0 Å². The van der Waals surface area contributed by atoms with Gasteiger partial charge in [-0.05, 0) is 85.3 Å². The quantitative estimate of drug-likeness (QED) is 0.241. The Kier molecular flexibility index (Phi) is 9.21. The van der Waals surface area contributed by atoms with E-state index in [9.17, 15) is 4.79 Å². The van der Waals surface area contributed by atoms with Crippen molar-refractivity contribution in [2.45, 2.75) is 78.4 Å². The summed E-state index contributed by atoms with van der Waals surface area (Å²) in [6, 6.07) is 8.21. The SMILES string of the molecule is CCCCSCCC1CN2CCC1CC2C(OC(=O)CC(C)(C)C)c1ccnc2ccc(OC)cc12. The number of rotatable bonds is 11. The van der Waals surface area contributed by atoms with Crippen molar-refractivity contribution in [1.29, 1.82) is 0 Å². The normalized spacial score (nSPS) is 24.6. The fraction of sp³-hybridized carbons (Fsp3) is 0.667. The minimum Gasteiger partial charge on any atom is -0.497 e. The number of hydrogen-bond acceptors (Lipinski definition) is 6. The van der Waals surface area contributed by atoms with Crippen LogP contribution >= 0.6 is 11.8 Å². The van der Waals surface area contributed by atoms with Crippen molar-refractivity contribution in [3.63, 3.8) is 0 Å². The molecule has 5 atom stereocenters. The third-order valence-electron chi connectivity index (χ3n) is 7.78. The first-order valence-electron chi connectivity index (χ1n) is 13.7. The van der Waals surface area contributed by atoms with Gasteiger partial charge in [0.2, 0.25) is 0 Å². The minimum atomic E-state index is -0.305. The van der Waals surface area contributed by atoms with Gasteiger partial charge < -0.3 is 9.47 Å². The maximum atomic E-state index is 13.2. The highest BCUT2D eigenvalue weighted by Crippen LogP contribution is 2.45. The van der Waals surface area contributed by atoms with E-state index >= 15 is 0 Å². The molecule has 6 heteroatoms. The van der Waals surface area contributed by atoms with Gasteiger partial charge in [0.25, 0.3) is 0 Å². The van der Waals surface area contributed by atoms with Crippen LogP contribution in [0, 0.1) is 17.3 Å². The van der Waals surface area contributed by atoms with Crippen molar-refractivity contribution in [1.82, 2.24) is 9.88 Å². The highest BCUT2D eigenvalue weighted by atomic mass is 32.2. The molecule has 0 saturated carbocycles. The molecule has 5 unspecified atom stereocenters. The first-order chi connectivity index (χ1) is 17.3. The van der Waals surface area contributed by atoms with Crippen molar-refractivity contribution in [2.24, 2.45) is 17.3 Å². The van der Waals surface area contributed by atoms with Gasteiger partial charge in [-0.2, -0.15) is 11.8 Å². The number of pyridine rings is 1. The topological polar surface area (TPSA) is 51.7 Å². The number of carbonyl (C=O) groups excluding carboxylic acids is 1. The summed E-state index contributed by atoms with van der Waals surface area (Å²) in [6.07, 6.45) is 8.19. The number of aromatic nitrogens is 1. The molecule has 3 saturated heterocycles. The zero-order valence-electron chi connectivity index (χ0n) is 22.8. The van der Waals surface area contributed by atoms with Crippen LogP contribution in [0.25, 0.3) is 10.9 Å². The molecule has 1 aromatic carbocycles. The van der Waals surface area contributed by atoms with E-state index in [0.29, 0.717) is 12.3 Å². The monoisotopic (exact) mass is 512 g/mol. The molecule has 3 aliphatic rings. The maximum Gasteiger partial charge on any atom is 0.306 e. The predicted molar refractivity (Wildman–Crippen MR) is 150 cm³/mol. The summed E-state index contributed by atoms with van der Waals surface area (Å²) in [5.74, 6) is 4.68. The van der Waals surface area contributed by atoms with Gasteiger partial charge in [0.05, 0.1) is 25.1 Å². The largest absolute Gasteiger partial charge is 0.497 e. The first kappa shape index (κ1) is 27.3. The van der Waals surface area contributed by atoms with Crippen LogP contribution in [-0.2, 0) is 9.53 Å². The highest BCUT2D eigenvalue weighted by Gasteiger charge is 2.45. The molecule has 0 N–H and O–H groups in total. The van der Waals surface area contributed by atoms with Gasteiger partial charge in [-0.25, -0.2) is 0 Å². The first-order valence-corrected chi connectivity index (χ1v) is 14.9. The lowest BCUT2D eigenvalue weighted by atomic mass is 9.72. The Morgan fingerprint density at radius 2 is 2.08 bits per heavy atom. The molecule has 0 amide bonds. The van der Waals surface area contributed by atoms with E-state index in [0.717, 1.165) is 47.6 Å². The van der Waals surface area contributed by atoms with Crippen LogP contribution in [0.2, 0.25) is 0 Å². The Labute approximate surface area is 221 Å². The van der Waals surface area contributed by atoms with Gasteiger partial charge in [0, 0.05) is 23.7 Å². The average molecular weight is 513 g/mol. The maximum absolute atomic E-state index is 13.2. The van der Waals surface area contributed by atoms with Gasteiger partial charge in [0.15, 0.2) is 0 Å². The lowest BCUT2D eigenvalue weighted by molar-refractivity contribution is -0.160. The number of carbonyl (C=O) groups is 1. The molecule has 0 spiro atoms. The van der Waals surface area contributed by atoms with Gasteiger partial charge in [-0.15, -0.1) is 0 Å². The van der Waals surface area contributed by atoms with Crippen LogP contribution in [0.5, 0.6) is 5.75 Å². The Morgan fingerprint density at radius 3 is 2.78 bits per heavy atom. The lowest BCUT2D eigenvalue weighted by Crippen LogP contribution is -2.56. The summed E-state index contributed by atoms with van der Waals surface area (Å²) >= 11 is 2.11. The summed E-state index contributed by atoms with van der Waals surface area (Å²) in [4.78, 5) is 20.4. The Morgan fingerprint density at radius 1 is 1.25 bits per heavy atom. The second-order valence-corrected chi connectivity index (χ2v) is 13.0. The molecule has 3 aliphatic heterocycles. The highest BCUT2D eigenvalue weighted by molar-refractivity contribution is 7.99. The summed E-state index contributed by atoms with van der Waals surface area (Å²) in [7, 11) is 1.69. The van der Waals surface area contributed by atoms with Crippen LogP contribution < -0.4 is 4.74 Å². The van der Waals surface area contributed by atoms with E-state index in [1.54, 1.807) is 7.11 Å². The Hall–Kier alpha value is -1.79. The van der Waals surface area contributed by atoms with Crippen molar-refractivity contribution >= 4 is 28.6 Å². The number of hydrogen-bond donors (Lipinski definition) is 0. The molecular weight excluding hydrogens is 468 g/mol. The van der Waals surface area contributed by atoms with E-state index < -0.39 is 0 Å². The molecule has 2 bridgehead atoms. The van der Waals surface area contributed by atoms with E-state index in [2.05, 4.69) is 49.3 Å². The summed E-state index contributed by atoms with van der Waals surface area (Å²) in [5.41, 5.74) is 1.84. The van der Waals surface area contributed by atoms with Gasteiger partial charge in [-0.1, -0.05) is 34.1 Å². The summed E-state index contributed by atoms with van der Waals surface area (Å²) in [6.45, 7) is 10.7. The average Bonchev–Trinajstić information content (AvgIpc) is 2.86. The smallest absolute Gasteiger partial charge is 0.306 e. The molecule has 0 radical (unpaired) electrons. The fourth-order valence-corrected chi connectivity index (χ4v) is 7.06. The second kappa shape index (κ2) is 12.2. The molecule has 2 aromatic rings. The van der Waals surface area contributed by atoms with Crippen molar-refractivity contribution in [3.8, 4) is 5.75 Å². The van der Waals surface area contributed by atoms with Crippen molar-refractivity contribution in [3.05, 3.63) is 36.0 Å². The van der Waals surface area contributed by atoms with Gasteiger partial charge >= 0.3 is 5.97 Å². The predicted octanol–water partition coefficient (Wildman–Crippen LogP) is 6.90. The Balaban J connectivity index is 1.58. The van der Waals surface area contributed by atoms with Crippen LogP contribution in [0.1, 0.15) is 77.9 Å². The number of thioether (sulfide) groups is 1. The van der Waals surface area contributed by atoms with Crippen LogP contribution in [0.4, 0.5) is 0 Å². The van der Waals surface area contributed by atoms with Crippen LogP contribution in [-0.4, -0.2) is 53.6 Å². The number of piperidine rings is 3. The number of methoxy groups -OCH3 is 1. The molecular formula is C30H44N2O3S. The third kappa shape index (κ3) is 6.74. The number of ether oxygens (including phenoxy) is 2. The molecule has 198 valence electrons. The molecule has 36 heavy (non-hydrogen) atoms. The van der Waals surface area contributed by atoms with Gasteiger partial charge in [0.1, 0.15) is 11.9 Å². The second-order valence-electron chi connectivity index (χ2n) is 11.8. The molecule has 3 fully saturated rings. The van der Waals surface area contributed by atoms with E-state index in [1.165, 1.54) is 37.2 Å². The zero-order chi connectivity index (χ0) is 25.7. The van der Waals surface area contributed by atoms with E-state index in [4.69, 9.17) is 9.47 Å². The number of esters is 1. The molecule has 5 nitrogen and oxygen atoms in total. The Bertz CT molecular complexity index is 1020. The minimum absolute atomic E-state index is 0.114. The molecule has 0 aliphatic carbocycles. The van der Waals surface area contributed by atoms with E-state index in [-0.39, 0.29) is 23.5 Å². The number of benzene rings is 1. The lowest BCUT2D eigenvalue weighted by Gasteiger charge is -2.52. The summed E-state index contributed by atoms with van der Waals surface area (Å²) < 4.78 is 11.9. The molecule has 4 heterocycles. The zero-order valence-corrected chi connectivity index (χ0v) is 23.6. The van der Waals surface area contributed by atoms with Crippen LogP contribution in [0.15, 0.2) is 30.5 Å². The number of unbranched alkanes of at least 4 members (excludes halogenated alkanes) is 1. The fourth-order valence-electron chi connectivity index (χ4n) is 5.89. The van der Waals surface area contributed by atoms with Gasteiger partial charge in [-0.3, -0.25) is 14.7 Å². The number of nitrogens with zero attached hydrogens (tertiary/aromatic N) is 2.